The molecule has 4 nitrogen and oxygen atoms in total. The molecule has 2 atom stereocenters. The van der Waals surface area contributed by atoms with Crippen molar-refractivity contribution < 1.29 is 14.6 Å². The number of nitrogens with one attached hydrogen (secondary N) is 1. The number of hydrogen-bond donors (Lipinski definition) is 2. The smallest absolute Gasteiger partial charge is 0.231 e. The quantitative estimate of drug-likeness (QED) is 0.772. The SMILES string of the molecule is OCC1CNCC1c1ccc2c(c1)OCO2. The minimum Gasteiger partial charge on any atom is -0.454 e. The molecule has 0 aromatic heterocycles. The maximum atomic E-state index is 9.30. The molecule has 16 heavy (non-hydrogen) atoms. The van der Waals surface area contributed by atoms with Gasteiger partial charge in [-0.05, 0) is 17.7 Å². The van der Waals surface area contributed by atoms with Gasteiger partial charge in [0, 0.05) is 31.5 Å². The summed E-state index contributed by atoms with van der Waals surface area (Å²) in [6.07, 6.45) is 0. The fourth-order valence-electron chi connectivity index (χ4n) is 2.46. The van der Waals surface area contributed by atoms with E-state index < -0.39 is 0 Å². The Balaban J connectivity index is 1.89. The van der Waals surface area contributed by atoms with E-state index in [1.165, 1.54) is 5.56 Å². The lowest BCUT2D eigenvalue weighted by Gasteiger charge is -2.16. The molecule has 0 amide bonds. The predicted molar refractivity (Wildman–Crippen MR) is 58.8 cm³/mol. The van der Waals surface area contributed by atoms with Crippen LogP contribution in [-0.4, -0.2) is 31.6 Å². The molecule has 0 radical (unpaired) electrons. The van der Waals surface area contributed by atoms with E-state index in [1.807, 2.05) is 12.1 Å². The van der Waals surface area contributed by atoms with Crippen LogP contribution in [0.2, 0.25) is 0 Å². The van der Waals surface area contributed by atoms with Crippen LogP contribution in [0.1, 0.15) is 11.5 Å². The average molecular weight is 221 g/mol. The highest BCUT2D eigenvalue weighted by Crippen LogP contribution is 2.37. The van der Waals surface area contributed by atoms with Gasteiger partial charge >= 0.3 is 0 Å². The molecular formula is C12H15NO3. The van der Waals surface area contributed by atoms with Crippen LogP contribution >= 0.6 is 0 Å². The maximum Gasteiger partial charge on any atom is 0.231 e. The zero-order valence-corrected chi connectivity index (χ0v) is 8.98. The van der Waals surface area contributed by atoms with Crippen molar-refractivity contribution >= 4 is 0 Å². The van der Waals surface area contributed by atoms with Gasteiger partial charge in [0.1, 0.15) is 0 Å². The van der Waals surface area contributed by atoms with Crippen molar-refractivity contribution in [3.63, 3.8) is 0 Å². The minimum absolute atomic E-state index is 0.228. The molecule has 1 aromatic carbocycles. The standard InChI is InChI=1S/C12H15NO3/c14-6-9-4-13-5-10(9)8-1-2-11-12(3-8)16-7-15-11/h1-3,9-10,13-14H,4-7H2. The lowest BCUT2D eigenvalue weighted by molar-refractivity contribution is 0.174. The number of rotatable bonds is 2. The number of hydrogen-bond acceptors (Lipinski definition) is 4. The first-order chi connectivity index (χ1) is 7.88. The summed E-state index contributed by atoms with van der Waals surface area (Å²) in [5.74, 6) is 2.32. The van der Waals surface area contributed by atoms with Gasteiger partial charge < -0.3 is 19.9 Å². The summed E-state index contributed by atoms with van der Waals surface area (Å²) in [6.45, 7) is 2.34. The van der Waals surface area contributed by atoms with Crippen molar-refractivity contribution in [2.75, 3.05) is 26.5 Å². The molecule has 4 heteroatoms. The molecule has 2 aliphatic heterocycles. The minimum atomic E-state index is 0.228. The van der Waals surface area contributed by atoms with Gasteiger partial charge in [-0.3, -0.25) is 0 Å². The average Bonchev–Trinajstić information content (AvgIpc) is 2.96. The van der Waals surface area contributed by atoms with Gasteiger partial charge in [-0.25, -0.2) is 0 Å². The monoisotopic (exact) mass is 221 g/mol. The normalized spacial score (nSPS) is 27.3. The highest BCUT2D eigenvalue weighted by atomic mass is 16.7. The molecule has 2 N–H and O–H groups in total. The molecule has 1 fully saturated rings. The Labute approximate surface area is 94.2 Å². The van der Waals surface area contributed by atoms with Gasteiger partial charge in [0.25, 0.3) is 0 Å². The van der Waals surface area contributed by atoms with Crippen molar-refractivity contribution in [2.24, 2.45) is 5.92 Å². The van der Waals surface area contributed by atoms with Gasteiger partial charge in [0.15, 0.2) is 11.5 Å². The first-order valence-electron chi connectivity index (χ1n) is 5.59. The van der Waals surface area contributed by atoms with Gasteiger partial charge in [-0.1, -0.05) is 6.07 Å². The third-order valence-corrected chi connectivity index (χ3v) is 3.40. The lowest BCUT2D eigenvalue weighted by Crippen LogP contribution is -2.14. The van der Waals surface area contributed by atoms with E-state index in [0.717, 1.165) is 24.6 Å². The Morgan fingerprint density at radius 1 is 1.25 bits per heavy atom. The molecule has 86 valence electrons. The van der Waals surface area contributed by atoms with E-state index in [9.17, 15) is 5.11 Å². The van der Waals surface area contributed by atoms with Crippen LogP contribution in [-0.2, 0) is 0 Å². The zero-order chi connectivity index (χ0) is 11.0. The highest BCUT2D eigenvalue weighted by molar-refractivity contribution is 5.45. The van der Waals surface area contributed by atoms with Gasteiger partial charge in [0.05, 0.1) is 0 Å². The topological polar surface area (TPSA) is 50.7 Å². The summed E-state index contributed by atoms with van der Waals surface area (Å²) in [4.78, 5) is 0. The van der Waals surface area contributed by atoms with E-state index in [1.54, 1.807) is 0 Å². The second-order valence-corrected chi connectivity index (χ2v) is 4.32. The third-order valence-electron chi connectivity index (χ3n) is 3.40. The summed E-state index contributed by atoms with van der Waals surface area (Å²) in [5.41, 5.74) is 1.22. The molecule has 3 rings (SSSR count). The summed E-state index contributed by atoms with van der Waals surface area (Å²) in [5, 5.41) is 12.6. The fraction of sp³-hybridized carbons (Fsp3) is 0.500. The zero-order valence-electron chi connectivity index (χ0n) is 8.98. The molecule has 0 bridgehead atoms. The Morgan fingerprint density at radius 3 is 3.00 bits per heavy atom. The number of fused-ring (bicyclic) bond motifs is 1. The van der Waals surface area contributed by atoms with Crippen LogP contribution < -0.4 is 14.8 Å². The second-order valence-electron chi connectivity index (χ2n) is 4.32. The maximum absolute atomic E-state index is 9.30. The lowest BCUT2D eigenvalue weighted by atomic mass is 9.89. The summed E-state index contributed by atoms with van der Waals surface area (Å²) >= 11 is 0. The van der Waals surface area contributed by atoms with Crippen molar-refractivity contribution in [3.8, 4) is 11.5 Å². The summed E-state index contributed by atoms with van der Waals surface area (Å²) in [7, 11) is 0. The molecule has 1 saturated heterocycles. The third kappa shape index (κ3) is 1.54. The van der Waals surface area contributed by atoms with Gasteiger partial charge in [-0.2, -0.15) is 0 Å². The van der Waals surface area contributed by atoms with Crippen molar-refractivity contribution in [1.82, 2.24) is 5.32 Å². The van der Waals surface area contributed by atoms with Crippen molar-refractivity contribution in [2.45, 2.75) is 5.92 Å². The van der Waals surface area contributed by atoms with Crippen LogP contribution in [0.15, 0.2) is 18.2 Å². The fourth-order valence-corrected chi connectivity index (χ4v) is 2.46. The first kappa shape index (κ1) is 9.93. The Bertz CT molecular complexity index is 394. The largest absolute Gasteiger partial charge is 0.454 e. The van der Waals surface area contributed by atoms with E-state index in [0.29, 0.717) is 18.6 Å². The van der Waals surface area contributed by atoms with Crippen LogP contribution in [0.4, 0.5) is 0 Å². The number of aliphatic hydroxyl groups is 1. The molecule has 0 aliphatic carbocycles. The Hall–Kier alpha value is -1.26. The predicted octanol–water partition coefficient (Wildman–Crippen LogP) is 0.711. The molecular weight excluding hydrogens is 206 g/mol. The molecule has 2 heterocycles. The molecule has 1 aromatic rings. The van der Waals surface area contributed by atoms with Crippen molar-refractivity contribution in [3.05, 3.63) is 23.8 Å². The van der Waals surface area contributed by atoms with Crippen LogP contribution in [0.5, 0.6) is 11.5 Å². The number of aliphatic hydroxyl groups excluding tert-OH is 1. The van der Waals surface area contributed by atoms with E-state index in [-0.39, 0.29) is 6.61 Å². The summed E-state index contributed by atoms with van der Waals surface area (Å²) < 4.78 is 10.6. The van der Waals surface area contributed by atoms with E-state index in [4.69, 9.17) is 9.47 Å². The number of benzene rings is 1. The Morgan fingerprint density at radius 2 is 2.12 bits per heavy atom. The molecule has 2 unspecified atom stereocenters. The van der Waals surface area contributed by atoms with Gasteiger partial charge in [-0.15, -0.1) is 0 Å². The van der Waals surface area contributed by atoms with Gasteiger partial charge in [0.2, 0.25) is 6.79 Å². The van der Waals surface area contributed by atoms with Crippen LogP contribution in [0, 0.1) is 5.92 Å². The molecule has 2 aliphatic rings. The van der Waals surface area contributed by atoms with Crippen LogP contribution in [0.3, 0.4) is 0 Å². The highest BCUT2D eigenvalue weighted by Gasteiger charge is 2.28. The van der Waals surface area contributed by atoms with E-state index >= 15 is 0 Å². The summed E-state index contributed by atoms with van der Waals surface area (Å²) in [6, 6.07) is 6.04. The van der Waals surface area contributed by atoms with Crippen LogP contribution in [0.25, 0.3) is 0 Å². The first-order valence-corrected chi connectivity index (χ1v) is 5.59. The Kier molecular flexibility index (Phi) is 2.46. The van der Waals surface area contributed by atoms with Crippen molar-refractivity contribution in [1.29, 1.82) is 0 Å². The van der Waals surface area contributed by atoms with E-state index in [2.05, 4.69) is 11.4 Å². The number of ether oxygens (including phenoxy) is 2. The molecule has 0 saturated carbocycles. The second kappa shape index (κ2) is 3.96. The molecule has 0 spiro atoms.